The molecule has 2 atom stereocenters. The summed E-state index contributed by atoms with van der Waals surface area (Å²) in [7, 11) is 0. The highest BCUT2D eigenvalue weighted by atomic mass is 16.6. The van der Waals surface area contributed by atoms with Crippen molar-refractivity contribution < 1.29 is 9.47 Å². The highest BCUT2D eigenvalue weighted by molar-refractivity contribution is 5.63. The first kappa shape index (κ1) is 13.2. The molecule has 1 aliphatic heterocycles. The van der Waals surface area contributed by atoms with Gasteiger partial charge in [-0.2, -0.15) is 0 Å². The summed E-state index contributed by atoms with van der Waals surface area (Å²) in [5.41, 5.74) is 2.44. The smallest absolute Gasteiger partial charge is 0.119 e. The van der Waals surface area contributed by atoms with Crippen LogP contribution in [0.25, 0.3) is 11.1 Å². The lowest BCUT2D eigenvalue weighted by molar-refractivity contribution is 0.259. The molecule has 0 aromatic heterocycles. The molecule has 3 rings (SSSR count). The average Bonchev–Trinajstić information content (AvgIpc) is 3.25. The number of benzene rings is 2. The fourth-order valence-corrected chi connectivity index (χ4v) is 2.42. The van der Waals surface area contributed by atoms with Crippen LogP contribution in [0.1, 0.15) is 19.8 Å². The summed E-state index contributed by atoms with van der Waals surface area (Å²) in [6.07, 6.45) is 3.03. The largest absolute Gasteiger partial charge is 0.491 e. The third-order valence-electron chi connectivity index (χ3n) is 3.64. The summed E-state index contributed by atoms with van der Waals surface area (Å²) in [6.45, 7) is 2.84. The van der Waals surface area contributed by atoms with Gasteiger partial charge in [-0.3, -0.25) is 0 Å². The third kappa shape index (κ3) is 3.20. The van der Waals surface area contributed by atoms with E-state index in [-0.39, 0.29) is 0 Å². The molecule has 20 heavy (non-hydrogen) atoms. The van der Waals surface area contributed by atoms with Gasteiger partial charge in [0.2, 0.25) is 0 Å². The van der Waals surface area contributed by atoms with E-state index in [1.807, 2.05) is 18.2 Å². The van der Waals surface area contributed by atoms with Crippen LogP contribution in [0.4, 0.5) is 0 Å². The summed E-state index contributed by atoms with van der Waals surface area (Å²) in [6, 6.07) is 18.6. The average molecular weight is 268 g/mol. The van der Waals surface area contributed by atoms with E-state index in [0.717, 1.165) is 12.2 Å². The molecule has 2 heteroatoms. The zero-order valence-electron chi connectivity index (χ0n) is 11.8. The van der Waals surface area contributed by atoms with Crippen molar-refractivity contribution in [2.45, 2.75) is 32.0 Å². The number of rotatable bonds is 6. The van der Waals surface area contributed by atoms with E-state index in [1.165, 1.54) is 17.5 Å². The van der Waals surface area contributed by atoms with E-state index in [0.29, 0.717) is 18.8 Å². The summed E-state index contributed by atoms with van der Waals surface area (Å²) in [5.74, 6) is 0.912. The van der Waals surface area contributed by atoms with Gasteiger partial charge in [-0.25, -0.2) is 0 Å². The van der Waals surface area contributed by atoms with Crippen molar-refractivity contribution in [1.82, 2.24) is 0 Å². The Balaban J connectivity index is 1.55. The van der Waals surface area contributed by atoms with Crippen molar-refractivity contribution in [3.8, 4) is 16.9 Å². The first-order valence-electron chi connectivity index (χ1n) is 7.30. The van der Waals surface area contributed by atoms with Crippen molar-refractivity contribution in [2.24, 2.45) is 0 Å². The molecule has 2 aromatic carbocycles. The van der Waals surface area contributed by atoms with Crippen LogP contribution in [0.5, 0.6) is 5.75 Å². The van der Waals surface area contributed by atoms with E-state index in [2.05, 4.69) is 43.3 Å². The Bertz CT molecular complexity index is 533. The zero-order chi connectivity index (χ0) is 13.8. The van der Waals surface area contributed by atoms with E-state index < -0.39 is 0 Å². The van der Waals surface area contributed by atoms with Crippen LogP contribution in [-0.2, 0) is 4.74 Å². The predicted octanol–water partition coefficient (Wildman–Crippen LogP) is 4.30. The first-order valence-corrected chi connectivity index (χ1v) is 7.30. The molecule has 1 heterocycles. The molecule has 2 nitrogen and oxygen atoms in total. The highest BCUT2D eigenvalue weighted by Crippen LogP contribution is 2.28. The molecule has 2 aromatic rings. The Morgan fingerprint density at radius 1 is 0.900 bits per heavy atom. The molecule has 0 bridgehead atoms. The van der Waals surface area contributed by atoms with Crippen molar-refractivity contribution in [3.63, 3.8) is 0 Å². The van der Waals surface area contributed by atoms with E-state index >= 15 is 0 Å². The molecule has 0 amide bonds. The molecule has 0 saturated carbocycles. The second kappa shape index (κ2) is 6.10. The molecule has 1 saturated heterocycles. The second-order valence-electron chi connectivity index (χ2n) is 5.20. The van der Waals surface area contributed by atoms with E-state index in [4.69, 9.17) is 9.47 Å². The van der Waals surface area contributed by atoms with Gasteiger partial charge in [0.15, 0.2) is 0 Å². The Kier molecular flexibility index (Phi) is 4.03. The Hall–Kier alpha value is -1.80. The Labute approximate surface area is 120 Å². The van der Waals surface area contributed by atoms with Crippen LogP contribution in [0.15, 0.2) is 54.6 Å². The van der Waals surface area contributed by atoms with Gasteiger partial charge in [-0.05, 0) is 29.7 Å². The lowest BCUT2D eigenvalue weighted by Crippen LogP contribution is -2.07. The molecule has 1 fully saturated rings. The van der Waals surface area contributed by atoms with Crippen LogP contribution < -0.4 is 4.74 Å². The van der Waals surface area contributed by atoms with Crippen LogP contribution in [0.2, 0.25) is 0 Å². The molecule has 1 aliphatic rings. The molecule has 0 unspecified atom stereocenters. The lowest BCUT2D eigenvalue weighted by Gasteiger charge is -2.06. The molecule has 0 N–H and O–H groups in total. The minimum Gasteiger partial charge on any atom is -0.491 e. The molecular formula is C18H20O2. The molecular weight excluding hydrogens is 248 g/mol. The summed E-state index contributed by atoms with van der Waals surface area (Å²) in [5, 5.41) is 0. The van der Waals surface area contributed by atoms with Crippen molar-refractivity contribution >= 4 is 0 Å². The molecule has 0 spiro atoms. The Morgan fingerprint density at radius 3 is 2.30 bits per heavy atom. The van der Waals surface area contributed by atoms with Gasteiger partial charge in [0, 0.05) is 0 Å². The van der Waals surface area contributed by atoms with E-state index in [9.17, 15) is 0 Å². The normalized spacial score (nSPS) is 20.6. The van der Waals surface area contributed by atoms with Crippen molar-refractivity contribution in [2.75, 3.05) is 6.61 Å². The van der Waals surface area contributed by atoms with Crippen LogP contribution in [0.3, 0.4) is 0 Å². The number of hydrogen-bond donors (Lipinski definition) is 0. The van der Waals surface area contributed by atoms with Crippen molar-refractivity contribution in [3.05, 3.63) is 54.6 Å². The van der Waals surface area contributed by atoms with Gasteiger partial charge < -0.3 is 9.47 Å². The van der Waals surface area contributed by atoms with Crippen molar-refractivity contribution in [1.29, 1.82) is 0 Å². The maximum Gasteiger partial charge on any atom is 0.119 e. The maximum absolute atomic E-state index is 5.77. The molecule has 0 radical (unpaired) electrons. The number of epoxide rings is 1. The quantitative estimate of drug-likeness (QED) is 0.729. The summed E-state index contributed by atoms with van der Waals surface area (Å²) >= 11 is 0. The fourth-order valence-electron chi connectivity index (χ4n) is 2.42. The minimum absolute atomic E-state index is 0.295. The van der Waals surface area contributed by atoms with E-state index in [1.54, 1.807) is 0 Å². The zero-order valence-corrected chi connectivity index (χ0v) is 11.8. The highest BCUT2D eigenvalue weighted by Gasteiger charge is 2.38. The minimum atomic E-state index is 0.295. The van der Waals surface area contributed by atoms with Gasteiger partial charge in [-0.1, -0.05) is 55.8 Å². The fraction of sp³-hybridized carbons (Fsp3) is 0.333. The van der Waals surface area contributed by atoms with Crippen LogP contribution in [0, 0.1) is 0 Å². The predicted molar refractivity (Wildman–Crippen MR) is 80.9 cm³/mol. The third-order valence-corrected chi connectivity index (χ3v) is 3.64. The standard InChI is InChI=1S/C18H20O2/c1-2-6-17-18(20-17)13-19-16-11-9-15(10-12-16)14-7-4-3-5-8-14/h3-5,7-12,17-18H,2,6,13H2,1H3/t17-,18-/m1/s1. The number of ether oxygens (including phenoxy) is 2. The lowest BCUT2D eigenvalue weighted by atomic mass is 10.1. The van der Waals surface area contributed by atoms with Gasteiger partial charge in [-0.15, -0.1) is 0 Å². The van der Waals surface area contributed by atoms with Crippen LogP contribution in [-0.4, -0.2) is 18.8 Å². The SMILES string of the molecule is CCC[C@H]1O[C@@H]1COc1ccc(-c2ccccc2)cc1. The van der Waals surface area contributed by atoms with Gasteiger partial charge in [0.25, 0.3) is 0 Å². The monoisotopic (exact) mass is 268 g/mol. The maximum atomic E-state index is 5.77. The first-order chi connectivity index (χ1) is 9.86. The van der Waals surface area contributed by atoms with Gasteiger partial charge in [0.1, 0.15) is 18.5 Å². The molecule has 0 aliphatic carbocycles. The topological polar surface area (TPSA) is 21.8 Å². The molecule has 104 valence electrons. The van der Waals surface area contributed by atoms with Crippen LogP contribution >= 0.6 is 0 Å². The summed E-state index contributed by atoms with van der Waals surface area (Å²) < 4.78 is 11.3. The Morgan fingerprint density at radius 2 is 1.60 bits per heavy atom. The number of hydrogen-bond acceptors (Lipinski definition) is 2. The second-order valence-corrected chi connectivity index (χ2v) is 5.20. The van der Waals surface area contributed by atoms with Gasteiger partial charge in [0.05, 0.1) is 6.10 Å². The summed E-state index contributed by atoms with van der Waals surface area (Å²) in [4.78, 5) is 0. The van der Waals surface area contributed by atoms with Gasteiger partial charge >= 0.3 is 0 Å².